The van der Waals surface area contributed by atoms with Crippen LogP contribution in [0.5, 0.6) is 0 Å². The third-order valence-electron chi connectivity index (χ3n) is 1.86. The molecule has 1 fully saturated rings. The van der Waals surface area contributed by atoms with Gasteiger partial charge in [0, 0.05) is 25.2 Å². The van der Waals surface area contributed by atoms with Gasteiger partial charge in [-0.25, -0.2) is 0 Å². The van der Waals surface area contributed by atoms with Crippen LogP contribution in [0.3, 0.4) is 0 Å². The van der Waals surface area contributed by atoms with Crippen LogP contribution >= 0.6 is 0 Å². The molecule has 13 heavy (non-hydrogen) atoms. The zero-order chi connectivity index (χ0) is 9.90. The van der Waals surface area contributed by atoms with Crippen molar-refractivity contribution in [1.82, 2.24) is 16.0 Å². The third kappa shape index (κ3) is 3.74. The molecule has 1 aliphatic rings. The van der Waals surface area contributed by atoms with Gasteiger partial charge in [0.25, 0.3) is 0 Å². The second-order valence-corrected chi connectivity index (χ2v) is 4.45. The van der Waals surface area contributed by atoms with E-state index in [0.29, 0.717) is 0 Å². The highest BCUT2D eigenvalue weighted by Gasteiger charge is 2.23. The highest BCUT2D eigenvalue weighted by molar-refractivity contribution is 5.82. The molecule has 1 amide bonds. The Morgan fingerprint density at radius 3 is 2.54 bits per heavy atom. The standard InChI is InChI=1S/C9H19N3O/c1-9(2,3)12-8(13)7-6-10-4-5-11-7/h7,10-11H,4-6H2,1-3H3,(H,12,13)/t7-/m1/s1. The molecule has 76 valence electrons. The number of hydrogen-bond acceptors (Lipinski definition) is 3. The summed E-state index contributed by atoms with van der Waals surface area (Å²) < 4.78 is 0. The molecule has 4 nitrogen and oxygen atoms in total. The maximum Gasteiger partial charge on any atom is 0.238 e. The molecule has 0 aromatic carbocycles. The van der Waals surface area contributed by atoms with Crippen molar-refractivity contribution in [2.75, 3.05) is 19.6 Å². The van der Waals surface area contributed by atoms with Gasteiger partial charge in [-0.2, -0.15) is 0 Å². The summed E-state index contributed by atoms with van der Waals surface area (Å²) in [5.41, 5.74) is -0.143. The van der Waals surface area contributed by atoms with Crippen LogP contribution in [0.15, 0.2) is 0 Å². The zero-order valence-electron chi connectivity index (χ0n) is 8.61. The number of nitrogens with one attached hydrogen (secondary N) is 3. The van der Waals surface area contributed by atoms with E-state index >= 15 is 0 Å². The first-order valence-electron chi connectivity index (χ1n) is 4.75. The Kier molecular flexibility index (Phi) is 3.27. The van der Waals surface area contributed by atoms with Crippen LogP contribution < -0.4 is 16.0 Å². The maximum absolute atomic E-state index is 11.6. The van der Waals surface area contributed by atoms with Gasteiger partial charge in [0.05, 0.1) is 6.04 Å². The fraction of sp³-hybridized carbons (Fsp3) is 0.889. The lowest BCUT2D eigenvalue weighted by atomic mass is 10.1. The molecule has 0 aromatic rings. The van der Waals surface area contributed by atoms with Gasteiger partial charge in [0.2, 0.25) is 5.91 Å². The summed E-state index contributed by atoms with van der Waals surface area (Å²) in [7, 11) is 0. The molecule has 1 atom stereocenters. The maximum atomic E-state index is 11.6. The molecule has 0 saturated carbocycles. The average molecular weight is 185 g/mol. The predicted molar refractivity (Wildman–Crippen MR) is 52.6 cm³/mol. The summed E-state index contributed by atoms with van der Waals surface area (Å²) in [5, 5.41) is 9.29. The largest absolute Gasteiger partial charge is 0.350 e. The van der Waals surface area contributed by atoms with Gasteiger partial charge in [-0.3, -0.25) is 4.79 Å². The monoisotopic (exact) mass is 185 g/mol. The van der Waals surface area contributed by atoms with Crippen LogP contribution in [0, 0.1) is 0 Å². The summed E-state index contributed by atoms with van der Waals surface area (Å²) >= 11 is 0. The predicted octanol–water partition coefficient (Wildman–Crippen LogP) is -0.537. The molecule has 1 saturated heterocycles. The molecule has 0 unspecified atom stereocenters. The van der Waals surface area contributed by atoms with E-state index in [9.17, 15) is 4.79 Å². The molecule has 1 heterocycles. The summed E-state index contributed by atoms with van der Waals surface area (Å²) in [6, 6.07) is -0.0759. The Morgan fingerprint density at radius 1 is 1.38 bits per heavy atom. The fourth-order valence-corrected chi connectivity index (χ4v) is 1.30. The van der Waals surface area contributed by atoms with Crippen LogP contribution in [0.2, 0.25) is 0 Å². The Labute approximate surface area is 79.5 Å². The highest BCUT2D eigenvalue weighted by Crippen LogP contribution is 1.99. The van der Waals surface area contributed by atoms with Gasteiger partial charge in [-0.05, 0) is 20.8 Å². The van der Waals surface area contributed by atoms with Gasteiger partial charge in [-0.1, -0.05) is 0 Å². The van der Waals surface area contributed by atoms with Gasteiger partial charge in [0.15, 0.2) is 0 Å². The lowest BCUT2D eigenvalue weighted by Gasteiger charge is -2.28. The van der Waals surface area contributed by atoms with Crippen molar-refractivity contribution in [2.45, 2.75) is 32.4 Å². The molecule has 3 N–H and O–H groups in total. The van der Waals surface area contributed by atoms with E-state index in [2.05, 4.69) is 16.0 Å². The first-order valence-corrected chi connectivity index (χ1v) is 4.75. The van der Waals surface area contributed by atoms with Crippen LogP contribution in [-0.2, 0) is 4.79 Å². The molecule has 1 aliphatic heterocycles. The molecular weight excluding hydrogens is 166 g/mol. The van der Waals surface area contributed by atoms with E-state index in [1.165, 1.54) is 0 Å². The number of carbonyl (C=O) groups is 1. The van der Waals surface area contributed by atoms with Crippen LogP contribution in [0.1, 0.15) is 20.8 Å². The van der Waals surface area contributed by atoms with Gasteiger partial charge in [-0.15, -0.1) is 0 Å². The quantitative estimate of drug-likeness (QED) is 0.514. The third-order valence-corrected chi connectivity index (χ3v) is 1.86. The van der Waals surface area contributed by atoms with Crippen LogP contribution in [-0.4, -0.2) is 37.1 Å². The minimum atomic E-state index is -0.143. The van der Waals surface area contributed by atoms with Crippen molar-refractivity contribution in [3.05, 3.63) is 0 Å². The highest BCUT2D eigenvalue weighted by atomic mass is 16.2. The van der Waals surface area contributed by atoms with Crippen molar-refractivity contribution in [1.29, 1.82) is 0 Å². The minimum Gasteiger partial charge on any atom is -0.350 e. The first-order chi connectivity index (χ1) is 5.99. The molecule has 0 radical (unpaired) electrons. The number of rotatable bonds is 1. The van der Waals surface area contributed by atoms with Crippen LogP contribution in [0.25, 0.3) is 0 Å². The average Bonchev–Trinajstić information content (AvgIpc) is 2.03. The summed E-state index contributed by atoms with van der Waals surface area (Å²) in [6.07, 6.45) is 0. The topological polar surface area (TPSA) is 53.2 Å². The van der Waals surface area contributed by atoms with Crippen molar-refractivity contribution in [2.24, 2.45) is 0 Å². The molecule has 0 aromatic heterocycles. The normalized spacial score (nSPS) is 24.1. The fourth-order valence-electron chi connectivity index (χ4n) is 1.30. The van der Waals surface area contributed by atoms with E-state index in [1.54, 1.807) is 0 Å². The number of carbonyl (C=O) groups excluding carboxylic acids is 1. The van der Waals surface area contributed by atoms with Crippen molar-refractivity contribution in [3.63, 3.8) is 0 Å². The molecule has 0 bridgehead atoms. The lowest BCUT2D eigenvalue weighted by molar-refractivity contribution is -0.124. The van der Waals surface area contributed by atoms with E-state index in [-0.39, 0.29) is 17.5 Å². The Hall–Kier alpha value is -0.610. The van der Waals surface area contributed by atoms with Crippen molar-refractivity contribution < 1.29 is 4.79 Å². The Balaban J connectivity index is 2.38. The molecular formula is C9H19N3O. The molecule has 0 spiro atoms. The summed E-state index contributed by atoms with van der Waals surface area (Å²) in [4.78, 5) is 11.6. The first kappa shape index (κ1) is 10.5. The number of hydrogen-bond donors (Lipinski definition) is 3. The van der Waals surface area contributed by atoms with Crippen LogP contribution in [0.4, 0.5) is 0 Å². The summed E-state index contributed by atoms with van der Waals surface area (Å²) in [6.45, 7) is 8.49. The van der Waals surface area contributed by atoms with Gasteiger partial charge < -0.3 is 16.0 Å². The zero-order valence-corrected chi connectivity index (χ0v) is 8.61. The number of amides is 1. The molecule has 0 aliphatic carbocycles. The summed E-state index contributed by atoms with van der Waals surface area (Å²) in [5.74, 6) is 0.0831. The second kappa shape index (κ2) is 4.07. The van der Waals surface area contributed by atoms with E-state index in [4.69, 9.17) is 0 Å². The Bertz CT molecular complexity index is 180. The smallest absolute Gasteiger partial charge is 0.238 e. The lowest BCUT2D eigenvalue weighted by Crippen LogP contribution is -2.58. The van der Waals surface area contributed by atoms with Crippen molar-refractivity contribution >= 4 is 5.91 Å². The number of piperazine rings is 1. The molecule has 4 heteroatoms. The Morgan fingerprint density at radius 2 is 2.08 bits per heavy atom. The van der Waals surface area contributed by atoms with Crippen molar-refractivity contribution in [3.8, 4) is 0 Å². The van der Waals surface area contributed by atoms with Gasteiger partial charge in [0.1, 0.15) is 0 Å². The molecule has 1 rings (SSSR count). The minimum absolute atomic E-state index is 0.0759. The van der Waals surface area contributed by atoms with E-state index < -0.39 is 0 Å². The van der Waals surface area contributed by atoms with E-state index in [1.807, 2.05) is 20.8 Å². The van der Waals surface area contributed by atoms with Gasteiger partial charge >= 0.3 is 0 Å². The van der Waals surface area contributed by atoms with E-state index in [0.717, 1.165) is 19.6 Å². The second-order valence-electron chi connectivity index (χ2n) is 4.45. The SMILES string of the molecule is CC(C)(C)NC(=O)[C@H]1CNCCN1.